The van der Waals surface area contributed by atoms with Crippen LogP contribution in [0.3, 0.4) is 0 Å². The van der Waals surface area contributed by atoms with Crippen LogP contribution in [0.25, 0.3) is 0 Å². The fraction of sp³-hybridized carbons (Fsp3) is 0.278. The molecule has 2 aromatic rings. The molecule has 2 N–H and O–H groups in total. The number of amides is 2. The van der Waals surface area contributed by atoms with Crippen LogP contribution in [-0.4, -0.2) is 49.6 Å². The quantitative estimate of drug-likeness (QED) is 0.755. The van der Waals surface area contributed by atoms with Crippen LogP contribution in [0, 0.1) is 17.5 Å². The lowest BCUT2D eigenvalue weighted by Crippen LogP contribution is -2.37. The molecule has 10 heteroatoms. The highest BCUT2D eigenvalue weighted by Crippen LogP contribution is 2.19. The average Bonchev–Trinajstić information content (AvgIpc) is 2.73. The summed E-state index contributed by atoms with van der Waals surface area (Å²) in [7, 11) is 0. The van der Waals surface area contributed by atoms with Crippen LogP contribution in [0.15, 0.2) is 30.5 Å². The number of rotatable bonds is 5. The lowest BCUT2D eigenvalue weighted by Gasteiger charge is -2.27. The minimum Gasteiger partial charge on any atom is -0.378 e. The van der Waals surface area contributed by atoms with Gasteiger partial charge in [-0.25, -0.2) is 18.2 Å². The molecule has 0 unspecified atom stereocenters. The number of anilines is 2. The maximum atomic E-state index is 13.5. The van der Waals surface area contributed by atoms with Gasteiger partial charge in [0.05, 0.1) is 31.0 Å². The topological polar surface area (TPSA) is 83.6 Å². The van der Waals surface area contributed by atoms with Gasteiger partial charge < -0.3 is 20.3 Å². The summed E-state index contributed by atoms with van der Waals surface area (Å²) < 4.78 is 44.8. The second kappa shape index (κ2) is 8.70. The molecule has 148 valence electrons. The molecular formula is C18H17F3N4O3. The number of carbonyl (C=O) groups is 2. The van der Waals surface area contributed by atoms with Gasteiger partial charge in [-0.15, -0.1) is 0 Å². The van der Waals surface area contributed by atoms with Crippen LogP contribution >= 0.6 is 0 Å². The Morgan fingerprint density at radius 2 is 1.82 bits per heavy atom. The summed E-state index contributed by atoms with van der Waals surface area (Å²) in [5.41, 5.74) is -0.279. The van der Waals surface area contributed by atoms with E-state index in [2.05, 4.69) is 15.6 Å². The van der Waals surface area contributed by atoms with E-state index < -0.39 is 41.5 Å². The number of hydrogen-bond donors (Lipinski definition) is 2. The molecule has 7 nitrogen and oxygen atoms in total. The average molecular weight is 394 g/mol. The second-order valence-corrected chi connectivity index (χ2v) is 5.96. The Kier molecular flexibility index (Phi) is 6.09. The summed E-state index contributed by atoms with van der Waals surface area (Å²) in [6.07, 6.45) is 1.38. The number of pyridine rings is 1. The first-order chi connectivity index (χ1) is 13.5. The number of ether oxygens (including phenoxy) is 1. The van der Waals surface area contributed by atoms with Crippen LogP contribution in [-0.2, 0) is 9.53 Å². The van der Waals surface area contributed by atoms with Crippen molar-refractivity contribution >= 4 is 23.3 Å². The lowest BCUT2D eigenvalue weighted by atomic mass is 10.2. The van der Waals surface area contributed by atoms with Crippen LogP contribution in [0.4, 0.5) is 24.7 Å². The van der Waals surface area contributed by atoms with Crippen molar-refractivity contribution in [1.82, 2.24) is 10.3 Å². The molecule has 0 atom stereocenters. The molecular weight excluding hydrogens is 377 g/mol. The van der Waals surface area contributed by atoms with Crippen LogP contribution < -0.4 is 15.5 Å². The molecule has 2 heterocycles. The number of nitrogens with zero attached hydrogens (tertiary/aromatic N) is 2. The van der Waals surface area contributed by atoms with Gasteiger partial charge in [0.1, 0.15) is 5.82 Å². The number of hydrogen-bond acceptors (Lipinski definition) is 5. The molecule has 2 amide bonds. The van der Waals surface area contributed by atoms with Gasteiger partial charge in [0, 0.05) is 19.3 Å². The lowest BCUT2D eigenvalue weighted by molar-refractivity contribution is -0.115. The predicted octanol–water partition coefficient (Wildman–Crippen LogP) is 1.70. The number of aromatic nitrogens is 1. The highest BCUT2D eigenvalue weighted by atomic mass is 19.2. The molecule has 1 aliphatic rings. The van der Waals surface area contributed by atoms with E-state index in [0.29, 0.717) is 38.2 Å². The van der Waals surface area contributed by atoms with Crippen molar-refractivity contribution < 1.29 is 27.5 Å². The molecule has 0 saturated carbocycles. The van der Waals surface area contributed by atoms with Crippen molar-refractivity contribution in [1.29, 1.82) is 0 Å². The van der Waals surface area contributed by atoms with Gasteiger partial charge in [-0.1, -0.05) is 0 Å². The first-order valence-electron chi connectivity index (χ1n) is 8.46. The Morgan fingerprint density at radius 3 is 2.50 bits per heavy atom. The third-order valence-electron chi connectivity index (χ3n) is 4.06. The Morgan fingerprint density at radius 1 is 1.07 bits per heavy atom. The molecule has 28 heavy (non-hydrogen) atoms. The van der Waals surface area contributed by atoms with Crippen LogP contribution in [0.5, 0.6) is 0 Å². The zero-order valence-corrected chi connectivity index (χ0v) is 14.7. The van der Waals surface area contributed by atoms with E-state index in [1.165, 1.54) is 6.20 Å². The SMILES string of the molecule is O=C(CNC(=O)c1ccc(N2CCOCC2)nc1)Nc1ccc(F)c(F)c1F. The molecule has 1 saturated heterocycles. The molecule has 0 bridgehead atoms. The fourth-order valence-corrected chi connectivity index (χ4v) is 2.58. The standard InChI is InChI=1S/C18H17F3N4O3/c19-12-2-3-13(17(21)16(12)20)24-15(26)10-23-18(27)11-1-4-14(22-9-11)25-5-7-28-8-6-25/h1-4,9H,5-8,10H2,(H,23,27)(H,24,26). The molecule has 0 aliphatic carbocycles. The van der Waals surface area contributed by atoms with Gasteiger partial charge >= 0.3 is 0 Å². The maximum absolute atomic E-state index is 13.5. The minimum absolute atomic E-state index is 0.240. The molecule has 0 radical (unpaired) electrons. The molecule has 1 aliphatic heterocycles. The van der Waals surface area contributed by atoms with Gasteiger partial charge in [-0.05, 0) is 24.3 Å². The van der Waals surface area contributed by atoms with Crippen LogP contribution in [0.1, 0.15) is 10.4 Å². The Bertz CT molecular complexity index is 871. The number of halogens is 3. The summed E-state index contributed by atoms with van der Waals surface area (Å²) in [5.74, 6) is -5.20. The van der Waals surface area contributed by atoms with E-state index in [0.717, 1.165) is 6.07 Å². The van der Waals surface area contributed by atoms with Gasteiger partial charge in [0.2, 0.25) is 5.91 Å². The normalized spacial score (nSPS) is 13.9. The Labute approximate surface area is 158 Å². The van der Waals surface area contributed by atoms with Crippen molar-refractivity contribution in [2.45, 2.75) is 0 Å². The van der Waals surface area contributed by atoms with Crippen molar-refractivity contribution in [3.05, 3.63) is 53.5 Å². The number of benzene rings is 1. The Hall–Kier alpha value is -3.14. The fourth-order valence-electron chi connectivity index (χ4n) is 2.58. The number of morpholine rings is 1. The summed E-state index contributed by atoms with van der Waals surface area (Å²) in [5, 5.41) is 4.42. The number of carbonyl (C=O) groups excluding carboxylic acids is 2. The summed E-state index contributed by atoms with van der Waals surface area (Å²) in [6.45, 7) is 2.15. The van der Waals surface area contributed by atoms with E-state index in [1.807, 2.05) is 4.90 Å². The highest BCUT2D eigenvalue weighted by Gasteiger charge is 2.16. The molecule has 1 aromatic carbocycles. The maximum Gasteiger partial charge on any atom is 0.253 e. The number of nitrogens with one attached hydrogen (secondary N) is 2. The summed E-state index contributed by atoms with van der Waals surface area (Å²) in [4.78, 5) is 30.2. The van der Waals surface area contributed by atoms with Gasteiger partial charge in [0.15, 0.2) is 17.5 Å². The molecule has 0 spiro atoms. The first kappa shape index (κ1) is 19.6. The van der Waals surface area contributed by atoms with Gasteiger partial charge in [-0.3, -0.25) is 9.59 Å². The third kappa shape index (κ3) is 4.58. The molecule has 1 aromatic heterocycles. The monoisotopic (exact) mass is 394 g/mol. The smallest absolute Gasteiger partial charge is 0.253 e. The van der Waals surface area contributed by atoms with E-state index in [1.54, 1.807) is 12.1 Å². The first-order valence-corrected chi connectivity index (χ1v) is 8.46. The summed E-state index contributed by atoms with van der Waals surface area (Å²) in [6, 6.07) is 4.84. The van der Waals surface area contributed by atoms with Gasteiger partial charge in [0.25, 0.3) is 5.91 Å². The van der Waals surface area contributed by atoms with Crippen molar-refractivity contribution in [3.63, 3.8) is 0 Å². The highest BCUT2D eigenvalue weighted by molar-refractivity contribution is 5.99. The van der Waals surface area contributed by atoms with Crippen LogP contribution in [0.2, 0.25) is 0 Å². The van der Waals surface area contributed by atoms with E-state index >= 15 is 0 Å². The van der Waals surface area contributed by atoms with E-state index in [9.17, 15) is 22.8 Å². The van der Waals surface area contributed by atoms with Crippen molar-refractivity contribution in [2.75, 3.05) is 43.1 Å². The van der Waals surface area contributed by atoms with Gasteiger partial charge in [-0.2, -0.15) is 0 Å². The third-order valence-corrected chi connectivity index (χ3v) is 4.06. The molecule has 3 rings (SSSR count). The zero-order valence-electron chi connectivity index (χ0n) is 14.7. The summed E-state index contributed by atoms with van der Waals surface area (Å²) >= 11 is 0. The van der Waals surface area contributed by atoms with E-state index in [4.69, 9.17) is 4.74 Å². The van der Waals surface area contributed by atoms with Crippen molar-refractivity contribution in [2.24, 2.45) is 0 Å². The van der Waals surface area contributed by atoms with Crippen molar-refractivity contribution in [3.8, 4) is 0 Å². The zero-order chi connectivity index (χ0) is 20.1. The predicted molar refractivity (Wildman–Crippen MR) is 94.5 cm³/mol. The largest absolute Gasteiger partial charge is 0.378 e. The molecule has 1 fully saturated rings. The van der Waals surface area contributed by atoms with E-state index in [-0.39, 0.29) is 5.56 Å². The Balaban J connectivity index is 1.53. The minimum atomic E-state index is -1.69. The second-order valence-electron chi connectivity index (χ2n) is 5.96.